The van der Waals surface area contributed by atoms with Crippen molar-refractivity contribution in [1.82, 2.24) is 19.9 Å². The normalized spacial score (nSPS) is 17.6. The monoisotopic (exact) mass is 786 g/mol. The zero-order valence-corrected chi connectivity index (χ0v) is 33.7. The standard InChI is InChI=1S/C56H42N4O/c1-4-16-36(17-5-1)54-57-48(34-49(58-54)40-28-29-47-45(33-40)41-22-8-10-26-46(41)56(47)30-12-3-13-31-56)38-20-14-21-39(32-38)50-35-51(60-55(59-50)37-18-6-2-7-19-37)44-25-15-24-43-42-23-9-11-27-52(42)61-53(43)44/h1-2,4-11,14-29,32-35,42,52H,3,12-13,30-31H2. The molecule has 1 spiro atoms. The maximum absolute atomic E-state index is 6.62. The SMILES string of the molecule is C1=CC2Oc3c(-c4cc(-c5cccc(-c6cc(-c7ccc8c(c7)-c7ccccc7C87CCCCC7)nc(-c7ccccc7)n6)c5)nc(-c5ccccc5)n4)cccc3C2C=C1. The lowest BCUT2D eigenvalue weighted by Gasteiger charge is -2.36. The Kier molecular flexibility index (Phi) is 8.48. The van der Waals surface area contributed by atoms with Gasteiger partial charge in [0.2, 0.25) is 0 Å². The Hall–Kier alpha value is -7.24. The van der Waals surface area contributed by atoms with Crippen LogP contribution in [0, 0.1) is 0 Å². The fraction of sp³-hybridized carbons (Fsp3) is 0.143. The summed E-state index contributed by atoms with van der Waals surface area (Å²) in [5, 5.41) is 0. The third-order valence-electron chi connectivity index (χ3n) is 13.3. The molecule has 4 aliphatic rings. The van der Waals surface area contributed by atoms with Gasteiger partial charge in [-0.2, -0.15) is 0 Å². The number of ether oxygens (including phenoxy) is 1. The molecule has 0 bridgehead atoms. The van der Waals surface area contributed by atoms with Crippen molar-refractivity contribution in [3.05, 3.63) is 199 Å². The molecule has 2 atom stereocenters. The fourth-order valence-corrected chi connectivity index (χ4v) is 10.3. The van der Waals surface area contributed by atoms with Crippen LogP contribution < -0.4 is 4.74 Å². The van der Waals surface area contributed by atoms with Gasteiger partial charge in [0, 0.05) is 50.3 Å². The van der Waals surface area contributed by atoms with Crippen molar-refractivity contribution >= 4 is 0 Å². The van der Waals surface area contributed by atoms with Crippen LogP contribution in [0.3, 0.4) is 0 Å². The van der Waals surface area contributed by atoms with Gasteiger partial charge in [-0.15, -0.1) is 0 Å². The molecule has 0 amide bonds. The Bertz CT molecular complexity index is 3050. The lowest BCUT2D eigenvalue weighted by Crippen LogP contribution is -2.27. The van der Waals surface area contributed by atoms with E-state index in [1.807, 2.05) is 36.4 Å². The molecule has 0 saturated heterocycles. The molecule has 8 aromatic rings. The summed E-state index contributed by atoms with van der Waals surface area (Å²) in [7, 11) is 0. The Morgan fingerprint density at radius 3 is 1.70 bits per heavy atom. The average molecular weight is 787 g/mol. The number of benzene rings is 6. The molecule has 1 saturated carbocycles. The van der Waals surface area contributed by atoms with Gasteiger partial charge in [0.25, 0.3) is 0 Å². The summed E-state index contributed by atoms with van der Waals surface area (Å²) >= 11 is 0. The van der Waals surface area contributed by atoms with E-state index in [9.17, 15) is 0 Å². The highest BCUT2D eigenvalue weighted by Crippen LogP contribution is 2.56. The highest BCUT2D eigenvalue weighted by molar-refractivity contribution is 5.86. The first-order chi connectivity index (χ1) is 30.2. The van der Waals surface area contributed by atoms with Crippen LogP contribution in [0.4, 0.5) is 0 Å². The molecule has 5 heteroatoms. The third kappa shape index (κ3) is 6.06. The molecular weight excluding hydrogens is 745 g/mol. The van der Waals surface area contributed by atoms with Gasteiger partial charge in [-0.05, 0) is 71.5 Å². The van der Waals surface area contributed by atoms with Gasteiger partial charge in [-0.25, -0.2) is 19.9 Å². The summed E-state index contributed by atoms with van der Waals surface area (Å²) in [5.41, 5.74) is 16.3. The molecule has 1 fully saturated rings. The number of rotatable bonds is 6. The number of aromatic nitrogens is 4. The van der Waals surface area contributed by atoms with Crippen LogP contribution in [0.25, 0.3) is 78.9 Å². The molecule has 61 heavy (non-hydrogen) atoms. The van der Waals surface area contributed by atoms with E-state index >= 15 is 0 Å². The minimum atomic E-state index is -0.0209. The van der Waals surface area contributed by atoms with Gasteiger partial charge < -0.3 is 4.74 Å². The van der Waals surface area contributed by atoms with E-state index in [0.29, 0.717) is 11.6 Å². The van der Waals surface area contributed by atoms with Crippen LogP contribution >= 0.6 is 0 Å². The molecule has 1 aliphatic heterocycles. The maximum Gasteiger partial charge on any atom is 0.160 e. The van der Waals surface area contributed by atoms with Crippen LogP contribution in [-0.4, -0.2) is 26.0 Å². The summed E-state index contributed by atoms with van der Waals surface area (Å²) in [4.78, 5) is 20.9. The Morgan fingerprint density at radius 2 is 0.984 bits per heavy atom. The number of para-hydroxylation sites is 1. The zero-order valence-electron chi connectivity index (χ0n) is 33.7. The highest BCUT2D eigenvalue weighted by atomic mass is 16.5. The molecule has 292 valence electrons. The number of nitrogens with zero attached hydrogens (tertiary/aromatic N) is 4. The quantitative estimate of drug-likeness (QED) is 0.168. The fourth-order valence-electron chi connectivity index (χ4n) is 10.3. The molecule has 6 aromatic carbocycles. The van der Waals surface area contributed by atoms with E-state index in [-0.39, 0.29) is 17.4 Å². The number of fused-ring (bicyclic) bond motifs is 8. The molecule has 12 rings (SSSR count). The van der Waals surface area contributed by atoms with Crippen molar-refractivity contribution < 1.29 is 4.74 Å². The maximum atomic E-state index is 6.62. The minimum Gasteiger partial charge on any atom is -0.484 e. The Labute approximate surface area is 356 Å². The van der Waals surface area contributed by atoms with Crippen LogP contribution in [0.5, 0.6) is 5.75 Å². The smallest absolute Gasteiger partial charge is 0.160 e. The molecule has 2 aromatic heterocycles. The van der Waals surface area contributed by atoms with Crippen molar-refractivity contribution in [2.75, 3.05) is 0 Å². The van der Waals surface area contributed by atoms with E-state index in [1.165, 1.54) is 59.9 Å². The van der Waals surface area contributed by atoms with Gasteiger partial charge in [0.1, 0.15) is 11.9 Å². The van der Waals surface area contributed by atoms with Crippen molar-refractivity contribution in [2.45, 2.75) is 49.5 Å². The first-order valence-corrected chi connectivity index (χ1v) is 21.6. The van der Waals surface area contributed by atoms with Gasteiger partial charge in [0.05, 0.1) is 22.8 Å². The summed E-state index contributed by atoms with van der Waals surface area (Å²) in [5.74, 6) is 2.43. The number of hydrogen-bond donors (Lipinski definition) is 0. The molecule has 0 radical (unpaired) electrons. The van der Waals surface area contributed by atoms with Crippen molar-refractivity contribution in [3.8, 4) is 84.7 Å². The van der Waals surface area contributed by atoms with E-state index in [2.05, 4.69) is 146 Å². The summed E-state index contributed by atoms with van der Waals surface area (Å²) in [6, 6.07) is 55.9. The van der Waals surface area contributed by atoms with Gasteiger partial charge in [-0.1, -0.05) is 165 Å². The van der Waals surface area contributed by atoms with E-state index in [1.54, 1.807) is 0 Å². The third-order valence-corrected chi connectivity index (χ3v) is 13.3. The first-order valence-electron chi connectivity index (χ1n) is 21.6. The average Bonchev–Trinajstić information content (AvgIpc) is 3.85. The van der Waals surface area contributed by atoms with Crippen molar-refractivity contribution in [1.29, 1.82) is 0 Å². The van der Waals surface area contributed by atoms with E-state index in [0.717, 1.165) is 61.9 Å². The Balaban J connectivity index is 0.985. The number of allylic oxidation sites excluding steroid dienone is 2. The molecule has 0 N–H and O–H groups in total. The van der Waals surface area contributed by atoms with Crippen LogP contribution in [-0.2, 0) is 5.41 Å². The molecular formula is C56H42N4O. The van der Waals surface area contributed by atoms with Gasteiger partial charge in [-0.3, -0.25) is 0 Å². The molecule has 3 heterocycles. The van der Waals surface area contributed by atoms with Crippen molar-refractivity contribution in [3.63, 3.8) is 0 Å². The van der Waals surface area contributed by atoms with E-state index in [4.69, 9.17) is 24.7 Å². The van der Waals surface area contributed by atoms with Crippen LogP contribution in [0.1, 0.15) is 54.7 Å². The molecule has 3 aliphatic carbocycles. The lowest BCUT2D eigenvalue weighted by atomic mass is 9.68. The molecule has 5 nitrogen and oxygen atoms in total. The van der Waals surface area contributed by atoms with E-state index < -0.39 is 0 Å². The van der Waals surface area contributed by atoms with Crippen molar-refractivity contribution in [2.24, 2.45) is 0 Å². The van der Waals surface area contributed by atoms with Crippen LogP contribution in [0.2, 0.25) is 0 Å². The zero-order chi connectivity index (χ0) is 40.3. The predicted molar refractivity (Wildman–Crippen MR) is 245 cm³/mol. The predicted octanol–water partition coefficient (Wildman–Crippen LogP) is 13.5. The second-order valence-electron chi connectivity index (χ2n) is 16.8. The summed E-state index contributed by atoms with van der Waals surface area (Å²) in [6.07, 6.45) is 14.8. The first kappa shape index (κ1) is 35.7. The summed E-state index contributed by atoms with van der Waals surface area (Å²) < 4.78 is 6.62. The topological polar surface area (TPSA) is 60.8 Å². The molecule has 2 unspecified atom stereocenters. The van der Waals surface area contributed by atoms with Gasteiger partial charge >= 0.3 is 0 Å². The number of hydrogen-bond acceptors (Lipinski definition) is 5. The second-order valence-corrected chi connectivity index (χ2v) is 16.8. The van der Waals surface area contributed by atoms with Crippen LogP contribution in [0.15, 0.2) is 182 Å². The highest BCUT2D eigenvalue weighted by Gasteiger charge is 2.43. The largest absolute Gasteiger partial charge is 0.484 e. The van der Waals surface area contributed by atoms with Gasteiger partial charge in [0.15, 0.2) is 11.6 Å². The minimum absolute atomic E-state index is 0.0209. The lowest BCUT2D eigenvalue weighted by molar-refractivity contribution is 0.270. The summed E-state index contributed by atoms with van der Waals surface area (Å²) in [6.45, 7) is 0. The Morgan fingerprint density at radius 1 is 0.426 bits per heavy atom. The second kappa shape index (κ2) is 14.5.